The van der Waals surface area contributed by atoms with Crippen molar-refractivity contribution in [3.05, 3.63) is 28.2 Å². The minimum Gasteiger partial charge on any atom is -0.336 e. The van der Waals surface area contributed by atoms with Crippen molar-refractivity contribution in [2.24, 2.45) is 0 Å². The zero-order chi connectivity index (χ0) is 15.1. The predicted octanol–water partition coefficient (Wildman–Crippen LogP) is 3.37. The molecule has 0 unspecified atom stereocenters. The molecule has 0 aromatic heterocycles. The van der Waals surface area contributed by atoms with Crippen LogP contribution in [-0.4, -0.2) is 18.5 Å². The first-order valence-electron chi connectivity index (χ1n) is 8.04. The molecule has 0 spiro atoms. The third kappa shape index (κ3) is 5.79. The number of carbonyl (C=O) groups excluding carboxylic acids is 1. The quantitative estimate of drug-likeness (QED) is 0.856. The summed E-state index contributed by atoms with van der Waals surface area (Å²) in [7, 11) is 0. The highest BCUT2D eigenvalue weighted by atomic mass is 79.9. The second-order valence-corrected chi connectivity index (χ2v) is 6.93. The number of anilines is 1. The Morgan fingerprint density at radius 2 is 1.90 bits per heavy atom. The zero-order valence-electron chi connectivity index (χ0n) is 12.8. The van der Waals surface area contributed by atoms with E-state index in [4.69, 9.17) is 0 Å². The van der Waals surface area contributed by atoms with Crippen LogP contribution in [0, 0.1) is 6.92 Å². The van der Waals surface area contributed by atoms with Crippen LogP contribution >= 0.6 is 15.9 Å². The lowest BCUT2D eigenvalue weighted by atomic mass is 9.97. The highest BCUT2D eigenvalue weighted by molar-refractivity contribution is 9.10. The van der Waals surface area contributed by atoms with Gasteiger partial charge in [0.15, 0.2) is 6.54 Å². The van der Waals surface area contributed by atoms with Crippen LogP contribution in [0.4, 0.5) is 5.69 Å². The van der Waals surface area contributed by atoms with Crippen molar-refractivity contribution in [1.82, 2.24) is 0 Å². The molecule has 1 aliphatic rings. The normalized spacial score (nSPS) is 17.0. The van der Waals surface area contributed by atoms with Crippen molar-refractivity contribution in [3.8, 4) is 0 Å². The first-order valence-corrected chi connectivity index (χ1v) is 8.84. The van der Waals surface area contributed by atoms with Gasteiger partial charge in [0.25, 0.3) is 5.91 Å². The maximum absolute atomic E-state index is 12.1. The van der Waals surface area contributed by atoms with Crippen LogP contribution in [0.3, 0.4) is 0 Å². The number of amides is 1. The molecule has 1 aromatic rings. The van der Waals surface area contributed by atoms with Crippen LogP contribution in [0.1, 0.15) is 50.5 Å². The van der Waals surface area contributed by atoms with Gasteiger partial charge in [-0.15, -0.1) is 0 Å². The number of hydrogen-bond donors (Lipinski definition) is 2. The minimum absolute atomic E-state index is 0.0848. The molecule has 0 saturated heterocycles. The average molecular weight is 354 g/mol. The zero-order valence-corrected chi connectivity index (χ0v) is 14.4. The SMILES string of the molecule is Cc1ccc(NC(=O)C[NH2+]C2CCCCCCC2)c(Br)c1. The molecule has 2 rings (SSSR count). The van der Waals surface area contributed by atoms with Crippen molar-refractivity contribution < 1.29 is 10.1 Å². The molecule has 1 saturated carbocycles. The van der Waals surface area contributed by atoms with Crippen LogP contribution < -0.4 is 10.6 Å². The van der Waals surface area contributed by atoms with E-state index >= 15 is 0 Å². The van der Waals surface area contributed by atoms with Gasteiger partial charge in [0, 0.05) is 4.47 Å². The molecule has 3 nitrogen and oxygen atoms in total. The Morgan fingerprint density at radius 1 is 1.24 bits per heavy atom. The summed E-state index contributed by atoms with van der Waals surface area (Å²) < 4.78 is 0.946. The largest absolute Gasteiger partial charge is 0.336 e. The fraction of sp³-hybridized carbons (Fsp3) is 0.588. The van der Waals surface area contributed by atoms with Gasteiger partial charge >= 0.3 is 0 Å². The topological polar surface area (TPSA) is 45.7 Å². The molecule has 116 valence electrons. The Morgan fingerprint density at radius 3 is 2.57 bits per heavy atom. The fourth-order valence-electron chi connectivity index (χ4n) is 2.92. The van der Waals surface area contributed by atoms with E-state index in [1.54, 1.807) is 0 Å². The number of nitrogens with one attached hydrogen (secondary N) is 1. The predicted molar refractivity (Wildman–Crippen MR) is 90.4 cm³/mol. The maximum Gasteiger partial charge on any atom is 0.279 e. The summed E-state index contributed by atoms with van der Waals surface area (Å²) in [5.41, 5.74) is 2.04. The van der Waals surface area contributed by atoms with Gasteiger partial charge in [0.05, 0.1) is 11.7 Å². The summed E-state index contributed by atoms with van der Waals surface area (Å²) in [6.45, 7) is 2.56. The van der Waals surface area contributed by atoms with Crippen molar-refractivity contribution in [2.45, 2.75) is 57.9 Å². The lowest BCUT2D eigenvalue weighted by Gasteiger charge is -2.18. The molecule has 1 fully saturated rings. The molecular formula is C17H26BrN2O+. The van der Waals surface area contributed by atoms with E-state index < -0.39 is 0 Å². The highest BCUT2D eigenvalue weighted by Crippen LogP contribution is 2.23. The van der Waals surface area contributed by atoms with E-state index in [1.165, 1.54) is 50.5 Å². The van der Waals surface area contributed by atoms with Gasteiger partial charge < -0.3 is 10.6 Å². The Bertz CT molecular complexity index is 468. The fourth-order valence-corrected chi connectivity index (χ4v) is 3.51. The molecule has 1 amide bonds. The minimum atomic E-state index is 0.0848. The van der Waals surface area contributed by atoms with Crippen molar-refractivity contribution >= 4 is 27.5 Å². The monoisotopic (exact) mass is 353 g/mol. The van der Waals surface area contributed by atoms with Gasteiger partial charge in [-0.1, -0.05) is 25.3 Å². The van der Waals surface area contributed by atoms with Gasteiger partial charge in [-0.3, -0.25) is 4.79 Å². The van der Waals surface area contributed by atoms with Gasteiger partial charge in [0.1, 0.15) is 0 Å². The van der Waals surface area contributed by atoms with Gasteiger partial charge in [-0.25, -0.2) is 0 Å². The molecular weight excluding hydrogens is 328 g/mol. The van der Waals surface area contributed by atoms with Crippen LogP contribution in [0.2, 0.25) is 0 Å². The number of quaternary nitrogens is 1. The molecule has 1 aromatic carbocycles. The summed E-state index contributed by atoms with van der Waals surface area (Å²) in [6, 6.07) is 6.61. The van der Waals surface area contributed by atoms with Crippen molar-refractivity contribution in [3.63, 3.8) is 0 Å². The third-order valence-electron chi connectivity index (χ3n) is 4.19. The summed E-state index contributed by atoms with van der Waals surface area (Å²) in [4.78, 5) is 12.1. The van der Waals surface area contributed by atoms with E-state index in [-0.39, 0.29) is 5.91 Å². The number of hydrogen-bond acceptors (Lipinski definition) is 1. The molecule has 0 atom stereocenters. The van der Waals surface area contributed by atoms with E-state index in [2.05, 4.69) is 26.6 Å². The lowest BCUT2D eigenvalue weighted by molar-refractivity contribution is -0.680. The van der Waals surface area contributed by atoms with Crippen molar-refractivity contribution in [1.29, 1.82) is 0 Å². The van der Waals surface area contributed by atoms with Crippen LogP contribution in [-0.2, 0) is 4.79 Å². The molecule has 1 aliphatic carbocycles. The summed E-state index contributed by atoms with van der Waals surface area (Å²) in [5.74, 6) is 0.0848. The van der Waals surface area contributed by atoms with Crippen LogP contribution in [0.25, 0.3) is 0 Å². The molecule has 0 aliphatic heterocycles. The molecule has 4 heteroatoms. The summed E-state index contributed by atoms with van der Waals surface area (Å²) >= 11 is 3.50. The van der Waals surface area contributed by atoms with Gasteiger partial charge in [0.2, 0.25) is 0 Å². The lowest BCUT2D eigenvalue weighted by Crippen LogP contribution is -2.91. The average Bonchev–Trinajstić information content (AvgIpc) is 2.41. The van der Waals surface area contributed by atoms with Crippen LogP contribution in [0.15, 0.2) is 22.7 Å². The third-order valence-corrected chi connectivity index (χ3v) is 4.84. The molecule has 21 heavy (non-hydrogen) atoms. The standard InChI is InChI=1S/C17H25BrN2O/c1-13-9-10-16(15(18)11-13)20-17(21)12-19-14-7-5-3-2-4-6-8-14/h9-11,14,19H,2-8,12H2,1H3,(H,20,21)/p+1. The Balaban J connectivity index is 1.78. The van der Waals surface area contributed by atoms with E-state index in [0.29, 0.717) is 12.6 Å². The maximum atomic E-state index is 12.1. The number of carbonyl (C=O) groups is 1. The first-order chi connectivity index (χ1) is 10.1. The second kappa shape index (κ2) is 8.54. The smallest absolute Gasteiger partial charge is 0.279 e. The van der Waals surface area contributed by atoms with Crippen LogP contribution in [0.5, 0.6) is 0 Å². The number of nitrogens with two attached hydrogens (primary N) is 1. The Labute approximate surface area is 136 Å². The van der Waals surface area contributed by atoms with E-state index in [1.807, 2.05) is 25.1 Å². The summed E-state index contributed by atoms with van der Waals surface area (Å²) in [5, 5.41) is 5.21. The van der Waals surface area contributed by atoms with E-state index in [0.717, 1.165) is 10.2 Å². The second-order valence-electron chi connectivity index (χ2n) is 6.08. The first kappa shape index (κ1) is 16.5. The summed E-state index contributed by atoms with van der Waals surface area (Å²) in [6.07, 6.45) is 9.22. The molecule has 0 heterocycles. The molecule has 0 bridgehead atoms. The molecule has 3 N–H and O–H groups in total. The number of aryl methyl sites for hydroxylation is 1. The van der Waals surface area contributed by atoms with Crippen molar-refractivity contribution in [2.75, 3.05) is 11.9 Å². The number of rotatable bonds is 4. The Hall–Kier alpha value is -0.870. The number of halogens is 1. The van der Waals surface area contributed by atoms with E-state index in [9.17, 15) is 4.79 Å². The van der Waals surface area contributed by atoms with Gasteiger partial charge in [-0.2, -0.15) is 0 Å². The molecule has 0 radical (unpaired) electrons. The Kier molecular flexibility index (Phi) is 6.71. The van der Waals surface area contributed by atoms with Gasteiger partial charge in [-0.05, 0) is 66.2 Å². The number of benzene rings is 1. The highest BCUT2D eigenvalue weighted by Gasteiger charge is 2.16.